The molecule has 0 saturated heterocycles. The number of aryl methyl sites for hydroxylation is 1. The van der Waals surface area contributed by atoms with Crippen LogP contribution in [0.15, 0.2) is 18.2 Å². The van der Waals surface area contributed by atoms with Crippen molar-refractivity contribution >= 4 is 17.6 Å². The molecule has 0 spiro atoms. The van der Waals surface area contributed by atoms with E-state index in [1.54, 1.807) is 6.07 Å². The summed E-state index contributed by atoms with van der Waals surface area (Å²) < 4.78 is 11.0. The van der Waals surface area contributed by atoms with Gasteiger partial charge in [0.05, 0.1) is 6.61 Å². The molecule has 3 rings (SSSR count). The molecule has 2 heterocycles. The van der Waals surface area contributed by atoms with Crippen molar-refractivity contribution in [3.05, 3.63) is 35.0 Å². The molecule has 1 aromatic carbocycles. The Balaban J connectivity index is 1.97. The summed E-state index contributed by atoms with van der Waals surface area (Å²) in [5, 5.41) is 9.83. The standard InChI is InChI=1S/C17H20N4O4/c1-3-24-13-6-10(4-5-12(13)25-8-14(18)22)11-7-15(23)19-17-16(11)9(2)20-21-17/h4-6,11H,3,7-8H2,1-2H3,(H2,18,22)(H2,19,20,21,23). The number of carbonyl (C=O) groups is 2. The second-order valence-electron chi connectivity index (χ2n) is 5.81. The van der Waals surface area contributed by atoms with Gasteiger partial charge in [0.2, 0.25) is 5.91 Å². The molecule has 1 atom stereocenters. The van der Waals surface area contributed by atoms with E-state index in [2.05, 4.69) is 15.5 Å². The van der Waals surface area contributed by atoms with Crippen LogP contribution in [0.2, 0.25) is 0 Å². The number of rotatable bonds is 6. The highest BCUT2D eigenvalue weighted by Gasteiger charge is 2.31. The van der Waals surface area contributed by atoms with Gasteiger partial charge in [0.1, 0.15) is 0 Å². The number of aromatic nitrogens is 2. The summed E-state index contributed by atoms with van der Waals surface area (Å²) in [6.45, 7) is 3.99. The first kappa shape index (κ1) is 16.8. The average Bonchev–Trinajstić information content (AvgIpc) is 2.94. The molecule has 0 saturated carbocycles. The van der Waals surface area contributed by atoms with Gasteiger partial charge in [0.15, 0.2) is 23.9 Å². The van der Waals surface area contributed by atoms with Crippen LogP contribution in [0.25, 0.3) is 0 Å². The number of benzene rings is 1. The highest BCUT2D eigenvalue weighted by Crippen LogP contribution is 2.40. The molecule has 0 bridgehead atoms. The molecule has 4 N–H and O–H groups in total. The molecule has 2 amide bonds. The van der Waals surface area contributed by atoms with Gasteiger partial charge in [-0.15, -0.1) is 0 Å². The van der Waals surface area contributed by atoms with Gasteiger partial charge in [-0.25, -0.2) is 0 Å². The van der Waals surface area contributed by atoms with Crippen molar-refractivity contribution < 1.29 is 19.1 Å². The first-order chi connectivity index (χ1) is 12.0. The minimum Gasteiger partial charge on any atom is -0.490 e. The average molecular weight is 344 g/mol. The Hall–Kier alpha value is -3.03. The number of amides is 2. The number of nitrogens with one attached hydrogen (secondary N) is 2. The van der Waals surface area contributed by atoms with Gasteiger partial charge in [0.25, 0.3) is 5.91 Å². The van der Waals surface area contributed by atoms with Gasteiger partial charge in [-0.05, 0) is 31.5 Å². The number of nitrogens with two attached hydrogens (primary N) is 1. The van der Waals surface area contributed by atoms with Crippen LogP contribution in [0.4, 0.5) is 5.82 Å². The molecule has 1 aromatic heterocycles. The van der Waals surface area contributed by atoms with Crippen LogP contribution in [0, 0.1) is 6.92 Å². The fourth-order valence-corrected chi connectivity index (χ4v) is 2.99. The Bertz CT molecular complexity index is 815. The maximum absolute atomic E-state index is 12.0. The fourth-order valence-electron chi connectivity index (χ4n) is 2.99. The van der Waals surface area contributed by atoms with Crippen molar-refractivity contribution in [2.75, 3.05) is 18.5 Å². The van der Waals surface area contributed by atoms with E-state index in [1.807, 2.05) is 26.0 Å². The summed E-state index contributed by atoms with van der Waals surface area (Å²) in [5.74, 6) is 0.728. The second-order valence-corrected chi connectivity index (χ2v) is 5.81. The topological polar surface area (TPSA) is 119 Å². The minimum absolute atomic E-state index is 0.0870. The number of ether oxygens (including phenoxy) is 2. The number of anilines is 1. The van der Waals surface area contributed by atoms with Gasteiger partial charge in [-0.3, -0.25) is 14.7 Å². The Kier molecular flexibility index (Phi) is 4.60. The van der Waals surface area contributed by atoms with Crippen molar-refractivity contribution in [3.63, 3.8) is 0 Å². The predicted octanol–water partition coefficient (Wildman–Crippen LogP) is 1.46. The predicted molar refractivity (Wildman–Crippen MR) is 90.7 cm³/mol. The fraction of sp³-hybridized carbons (Fsp3) is 0.353. The van der Waals surface area contributed by atoms with Gasteiger partial charge < -0.3 is 20.5 Å². The summed E-state index contributed by atoms with van der Waals surface area (Å²) in [4.78, 5) is 22.9. The van der Waals surface area contributed by atoms with E-state index in [9.17, 15) is 9.59 Å². The molecule has 8 heteroatoms. The van der Waals surface area contributed by atoms with E-state index < -0.39 is 5.91 Å². The summed E-state index contributed by atoms with van der Waals surface area (Å²) in [6.07, 6.45) is 0.320. The van der Waals surface area contributed by atoms with Crippen molar-refractivity contribution in [1.29, 1.82) is 0 Å². The third-order valence-electron chi connectivity index (χ3n) is 4.03. The molecule has 1 aliphatic rings. The van der Waals surface area contributed by atoms with Gasteiger partial charge in [-0.2, -0.15) is 5.10 Å². The summed E-state index contributed by atoms with van der Waals surface area (Å²) in [5.41, 5.74) is 7.91. The Labute approximate surface area is 144 Å². The SMILES string of the molecule is CCOc1cc(C2CC(=O)Nc3n[nH]c(C)c32)ccc1OCC(N)=O. The maximum Gasteiger partial charge on any atom is 0.255 e. The first-order valence-corrected chi connectivity index (χ1v) is 8.02. The molecule has 25 heavy (non-hydrogen) atoms. The van der Waals surface area contributed by atoms with E-state index in [1.165, 1.54) is 0 Å². The zero-order valence-corrected chi connectivity index (χ0v) is 14.1. The highest BCUT2D eigenvalue weighted by molar-refractivity contribution is 5.94. The molecular formula is C17H20N4O4. The van der Waals surface area contributed by atoms with Gasteiger partial charge >= 0.3 is 0 Å². The summed E-state index contributed by atoms with van der Waals surface area (Å²) in [6, 6.07) is 5.42. The van der Waals surface area contributed by atoms with Crippen LogP contribution >= 0.6 is 0 Å². The van der Waals surface area contributed by atoms with Crippen LogP contribution in [0.5, 0.6) is 11.5 Å². The number of carbonyl (C=O) groups excluding carboxylic acids is 2. The number of primary amides is 1. The zero-order chi connectivity index (χ0) is 18.0. The lowest BCUT2D eigenvalue weighted by atomic mass is 9.85. The molecule has 1 aliphatic heterocycles. The smallest absolute Gasteiger partial charge is 0.255 e. The van der Waals surface area contributed by atoms with Crippen LogP contribution in [0.3, 0.4) is 0 Å². The molecule has 132 valence electrons. The van der Waals surface area contributed by atoms with Crippen LogP contribution in [-0.2, 0) is 9.59 Å². The summed E-state index contributed by atoms with van der Waals surface area (Å²) in [7, 11) is 0. The zero-order valence-electron chi connectivity index (χ0n) is 14.1. The Morgan fingerprint density at radius 3 is 2.88 bits per heavy atom. The van der Waals surface area contributed by atoms with Gasteiger partial charge in [-0.1, -0.05) is 6.07 Å². The van der Waals surface area contributed by atoms with Crippen molar-refractivity contribution in [1.82, 2.24) is 10.2 Å². The lowest BCUT2D eigenvalue weighted by Crippen LogP contribution is -2.23. The second kappa shape index (κ2) is 6.84. The van der Waals surface area contributed by atoms with Crippen LogP contribution in [-0.4, -0.2) is 35.2 Å². The third kappa shape index (κ3) is 3.42. The number of aromatic amines is 1. The number of hydrogen-bond acceptors (Lipinski definition) is 5. The molecule has 0 aliphatic carbocycles. The first-order valence-electron chi connectivity index (χ1n) is 8.02. The monoisotopic (exact) mass is 344 g/mol. The molecule has 1 unspecified atom stereocenters. The van der Waals surface area contributed by atoms with E-state index >= 15 is 0 Å². The number of nitrogens with zero attached hydrogens (tertiary/aromatic N) is 1. The van der Waals surface area contributed by atoms with Crippen LogP contribution < -0.4 is 20.5 Å². The van der Waals surface area contributed by atoms with Crippen molar-refractivity contribution in [2.45, 2.75) is 26.2 Å². The molecule has 8 nitrogen and oxygen atoms in total. The van der Waals surface area contributed by atoms with E-state index in [-0.39, 0.29) is 18.4 Å². The quantitative estimate of drug-likeness (QED) is 0.733. The van der Waals surface area contributed by atoms with E-state index in [4.69, 9.17) is 15.2 Å². The number of H-pyrrole nitrogens is 1. The largest absolute Gasteiger partial charge is 0.490 e. The molecule has 0 fully saturated rings. The van der Waals surface area contributed by atoms with Crippen LogP contribution in [0.1, 0.15) is 36.1 Å². The highest BCUT2D eigenvalue weighted by atomic mass is 16.5. The van der Waals surface area contributed by atoms with Gasteiger partial charge in [0, 0.05) is 23.6 Å². The molecule has 2 aromatic rings. The third-order valence-corrected chi connectivity index (χ3v) is 4.03. The van der Waals surface area contributed by atoms with Crippen molar-refractivity contribution in [2.24, 2.45) is 5.73 Å². The minimum atomic E-state index is -0.561. The van der Waals surface area contributed by atoms with E-state index in [0.29, 0.717) is 30.3 Å². The molecule has 0 radical (unpaired) electrons. The lowest BCUT2D eigenvalue weighted by Gasteiger charge is -2.24. The number of fused-ring (bicyclic) bond motifs is 1. The molecular weight excluding hydrogens is 324 g/mol. The normalized spacial score (nSPS) is 16.1. The lowest BCUT2D eigenvalue weighted by molar-refractivity contribution is -0.120. The summed E-state index contributed by atoms with van der Waals surface area (Å²) >= 11 is 0. The number of hydrogen-bond donors (Lipinski definition) is 3. The van der Waals surface area contributed by atoms with Crippen molar-refractivity contribution in [3.8, 4) is 11.5 Å². The maximum atomic E-state index is 12.0. The van der Waals surface area contributed by atoms with E-state index in [0.717, 1.165) is 16.8 Å². The Morgan fingerprint density at radius 1 is 1.36 bits per heavy atom. The Morgan fingerprint density at radius 2 is 2.16 bits per heavy atom.